The summed E-state index contributed by atoms with van der Waals surface area (Å²) in [6.45, 7) is 5.90. The number of hydrogen-bond acceptors (Lipinski definition) is 3. The second-order valence-electron chi connectivity index (χ2n) is 6.01. The van der Waals surface area contributed by atoms with Gasteiger partial charge in [0.25, 0.3) is 5.91 Å². The number of nitrogens with zero attached hydrogens (tertiary/aromatic N) is 4. The first-order valence-electron chi connectivity index (χ1n) is 6.78. The standard InChI is InChI=1S/C15H18Cl2N4O/c1-15(2,3)20(4)14(22)13(21-9-18-8-19-21)11-6-5-10(16)7-12(11)17/h5-9,13H,1-4H3. The molecule has 7 heteroatoms. The van der Waals surface area contributed by atoms with Crippen molar-refractivity contribution in [2.45, 2.75) is 32.4 Å². The van der Waals surface area contributed by atoms with E-state index in [1.807, 2.05) is 20.8 Å². The highest BCUT2D eigenvalue weighted by Gasteiger charge is 2.33. The van der Waals surface area contributed by atoms with Crippen LogP contribution in [-0.2, 0) is 4.79 Å². The molecule has 0 aliphatic heterocycles. The molecular weight excluding hydrogens is 323 g/mol. The minimum Gasteiger partial charge on any atom is -0.339 e. The second kappa shape index (κ2) is 6.26. The van der Waals surface area contributed by atoms with E-state index in [0.29, 0.717) is 15.6 Å². The monoisotopic (exact) mass is 340 g/mol. The maximum Gasteiger partial charge on any atom is 0.252 e. The fourth-order valence-corrected chi connectivity index (χ4v) is 2.49. The zero-order chi connectivity index (χ0) is 16.5. The van der Waals surface area contributed by atoms with Crippen molar-refractivity contribution in [3.63, 3.8) is 0 Å². The van der Waals surface area contributed by atoms with Crippen LogP contribution < -0.4 is 0 Å². The van der Waals surface area contributed by atoms with Gasteiger partial charge in [0.05, 0.1) is 0 Å². The van der Waals surface area contributed by atoms with Crippen LogP contribution in [0.4, 0.5) is 0 Å². The Bertz CT molecular complexity index is 665. The van der Waals surface area contributed by atoms with Gasteiger partial charge in [-0.15, -0.1) is 0 Å². The molecule has 0 aliphatic carbocycles. The van der Waals surface area contributed by atoms with Gasteiger partial charge in [-0.05, 0) is 32.9 Å². The summed E-state index contributed by atoms with van der Waals surface area (Å²) >= 11 is 12.2. The zero-order valence-corrected chi connectivity index (χ0v) is 14.4. The number of rotatable bonds is 3. The van der Waals surface area contributed by atoms with Crippen LogP contribution in [0.2, 0.25) is 10.0 Å². The molecule has 0 bridgehead atoms. The van der Waals surface area contributed by atoms with E-state index in [1.54, 1.807) is 30.1 Å². The lowest BCUT2D eigenvalue weighted by Crippen LogP contribution is -2.46. The third-order valence-corrected chi connectivity index (χ3v) is 4.09. The predicted molar refractivity (Wildman–Crippen MR) is 87.1 cm³/mol. The highest BCUT2D eigenvalue weighted by molar-refractivity contribution is 6.35. The summed E-state index contributed by atoms with van der Waals surface area (Å²) in [6.07, 6.45) is 2.89. The molecule has 1 atom stereocenters. The molecule has 2 rings (SSSR count). The van der Waals surface area contributed by atoms with Crippen molar-refractivity contribution in [3.05, 3.63) is 46.5 Å². The molecule has 0 N–H and O–H groups in total. The van der Waals surface area contributed by atoms with Crippen LogP contribution >= 0.6 is 23.2 Å². The van der Waals surface area contributed by atoms with E-state index in [1.165, 1.54) is 17.3 Å². The van der Waals surface area contributed by atoms with E-state index in [9.17, 15) is 4.79 Å². The fourth-order valence-electron chi connectivity index (χ4n) is 1.98. The molecule has 0 fully saturated rings. The lowest BCUT2D eigenvalue weighted by molar-refractivity contribution is -0.136. The Morgan fingerprint density at radius 2 is 2.00 bits per heavy atom. The summed E-state index contributed by atoms with van der Waals surface area (Å²) in [4.78, 5) is 18.6. The number of carbonyl (C=O) groups is 1. The smallest absolute Gasteiger partial charge is 0.252 e. The molecule has 0 spiro atoms. The van der Waals surface area contributed by atoms with Crippen molar-refractivity contribution in [2.75, 3.05) is 7.05 Å². The Balaban J connectivity index is 2.51. The average molecular weight is 341 g/mol. The van der Waals surface area contributed by atoms with Crippen LogP contribution in [0.25, 0.3) is 0 Å². The van der Waals surface area contributed by atoms with E-state index in [0.717, 1.165) is 0 Å². The number of amides is 1. The number of benzene rings is 1. The molecule has 0 radical (unpaired) electrons. The average Bonchev–Trinajstić information content (AvgIpc) is 2.93. The zero-order valence-electron chi connectivity index (χ0n) is 12.9. The molecule has 2 aromatic rings. The van der Waals surface area contributed by atoms with Crippen molar-refractivity contribution >= 4 is 29.1 Å². The normalized spacial score (nSPS) is 13.0. The van der Waals surface area contributed by atoms with E-state index in [2.05, 4.69) is 10.1 Å². The fraction of sp³-hybridized carbons (Fsp3) is 0.400. The van der Waals surface area contributed by atoms with E-state index < -0.39 is 6.04 Å². The Morgan fingerprint density at radius 1 is 1.32 bits per heavy atom. The molecule has 1 aromatic heterocycles. The summed E-state index contributed by atoms with van der Waals surface area (Å²) in [6, 6.07) is 4.38. The van der Waals surface area contributed by atoms with Crippen LogP contribution in [0.15, 0.2) is 30.9 Å². The van der Waals surface area contributed by atoms with Crippen LogP contribution in [0, 0.1) is 0 Å². The number of aromatic nitrogens is 3. The number of hydrogen-bond donors (Lipinski definition) is 0. The third kappa shape index (κ3) is 3.42. The van der Waals surface area contributed by atoms with Crippen molar-refractivity contribution < 1.29 is 4.79 Å². The molecule has 1 amide bonds. The van der Waals surface area contributed by atoms with Crippen LogP contribution in [0.3, 0.4) is 0 Å². The SMILES string of the molecule is CN(C(=O)C(c1ccc(Cl)cc1Cl)n1cncn1)C(C)(C)C. The Hall–Kier alpha value is -1.59. The number of halogens is 2. The van der Waals surface area contributed by atoms with Crippen LogP contribution in [-0.4, -0.2) is 38.2 Å². The largest absolute Gasteiger partial charge is 0.339 e. The van der Waals surface area contributed by atoms with Crippen LogP contribution in [0.1, 0.15) is 32.4 Å². The summed E-state index contributed by atoms with van der Waals surface area (Å²) in [5.74, 6) is -0.123. The summed E-state index contributed by atoms with van der Waals surface area (Å²) in [7, 11) is 1.76. The van der Waals surface area contributed by atoms with E-state index >= 15 is 0 Å². The molecule has 1 heterocycles. The number of carbonyl (C=O) groups excluding carboxylic acids is 1. The summed E-state index contributed by atoms with van der Waals surface area (Å²) in [5.41, 5.74) is 0.312. The molecule has 0 saturated carbocycles. The van der Waals surface area contributed by atoms with Gasteiger partial charge < -0.3 is 4.90 Å². The van der Waals surface area contributed by atoms with Gasteiger partial charge in [0, 0.05) is 28.2 Å². The van der Waals surface area contributed by atoms with E-state index in [4.69, 9.17) is 23.2 Å². The molecule has 1 unspecified atom stereocenters. The third-order valence-electron chi connectivity index (χ3n) is 3.53. The lowest BCUT2D eigenvalue weighted by atomic mass is 10.0. The second-order valence-corrected chi connectivity index (χ2v) is 6.86. The van der Waals surface area contributed by atoms with Crippen molar-refractivity contribution in [1.29, 1.82) is 0 Å². The van der Waals surface area contributed by atoms with Gasteiger partial charge in [-0.3, -0.25) is 4.79 Å². The molecule has 5 nitrogen and oxygen atoms in total. The molecule has 118 valence electrons. The predicted octanol–water partition coefficient (Wildman–Crippen LogP) is 3.43. The Kier molecular flexibility index (Phi) is 4.78. The Morgan fingerprint density at radius 3 is 2.50 bits per heavy atom. The topological polar surface area (TPSA) is 51.0 Å². The molecule has 0 saturated heterocycles. The van der Waals surface area contributed by atoms with E-state index in [-0.39, 0.29) is 11.4 Å². The minimum absolute atomic E-state index is 0.123. The first-order chi connectivity index (χ1) is 10.2. The highest BCUT2D eigenvalue weighted by atomic mass is 35.5. The van der Waals surface area contributed by atoms with Gasteiger partial charge in [-0.2, -0.15) is 5.10 Å². The number of likely N-dealkylation sites (N-methyl/N-ethyl adjacent to an activating group) is 1. The molecular formula is C15H18Cl2N4O. The maximum atomic E-state index is 13.0. The van der Waals surface area contributed by atoms with Crippen LogP contribution in [0.5, 0.6) is 0 Å². The quantitative estimate of drug-likeness (QED) is 0.859. The van der Waals surface area contributed by atoms with Gasteiger partial charge in [-0.1, -0.05) is 29.3 Å². The van der Waals surface area contributed by atoms with Gasteiger partial charge in [0.1, 0.15) is 12.7 Å². The van der Waals surface area contributed by atoms with Crippen molar-refractivity contribution in [2.24, 2.45) is 0 Å². The van der Waals surface area contributed by atoms with Gasteiger partial charge in [0.2, 0.25) is 0 Å². The molecule has 1 aromatic carbocycles. The highest BCUT2D eigenvalue weighted by Crippen LogP contribution is 2.30. The Labute approximate surface area is 139 Å². The van der Waals surface area contributed by atoms with Crippen molar-refractivity contribution in [1.82, 2.24) is 19.7 Å². The van der Waals surface area contributed by atoms with Crippen molar-refractivity contribution in [3.8, 4) is 0 Å². The first kappa shape index (κ1) is 16.8. The molecule has 0 aliphatic rings. The van der Waals surface area contributed by atoms with Gasteiger partial charge in [0.15, 0.2) is 6.04 Å². The first-order valence-corrected chi connectivity index (χ1v) is 7.54. The van der Waals surface area contributed by atoms with Gasteiger partial charge >= 0.3 is 0 Å². The lowest BCUT2D eigenvalue weighted by Gasteiger charge is -2.35. The van der Waals surface area contributed by atoms with Gasteiger partial charge in [-0.25, -0.2) is 9.67 Å². The molecule has 22 heavy (non-hydrogen) atoms. The minimum atomic E-state index is -0.684. The maximum absolute atomic E-state index is 13.0. The summed E-state index contributed by atoms with van der Waals surface area (Å²) in [5, 5.41) is 5.04. The summed E-state index contributed by atoms with van der Waals surface area (Å²) < 4.78 is 1.50.